The summed E-state index contributed by atoms with van der Waals surface area (Å²) in [6.45, 7) is 3.85. The van der Waals surface area contributed by atoms with Crippen molar-refractivity contribution in [1.82, 2.24) is 0 Å². The number of nitrogens with zero attached hydrogens (tertiary/aromatic N) is 1. The Bertz CT molecular complexity index is 453. The fourth-order valence-electron chi connectivity index (χ4n) is 1.77. The second-order valence-corrected chi connectivity index (χ2v) is 4.93. The number of benzene rings is 1. The third-order valence-electron chi connectivity index (χ3n) is 3.00. The SMILES string of the molecule is CCCCC[C@](C)(C#N)OC(=O)OCc1ccccc1. The lowest BCUT2D eigenvalue weighted by Crippen LogP contribution is -2.30. The molecule has 108 valence electrons. The second kappa shape index (κ2) is 8.21. The first kappa shape index (κ1) is 16.0. The Labute approximate surface area is 120 Å². The van der Waals surface area contributed by atoms with Crippen molar-refractivity contribution in [1.29, 1.82) is 5.26 Å². The number of carbonyl (C=O) groups is 1. The molecule has 0 aliphatic carbocycles. The lowest BCUT2D eigenvalue weighted by molar-refractivity contribution is -0.00693. The highest BCUT2D eigenvalue weighted by Crippen LogP contribution is 2.19. The summed E-state index contributed by atoms with van der Waals surface area (Å²) in [5.74, 6) is 0. The van der Waals surface area contributed by atoms with Crippen LogP contribution in [0.25, 0.3) is 0 Å². The largest absolute Gasteiger partial charge is 0.510 e. The molecule has 0 aliphatic heterocycles. The van der Waals surface area contributed by atoms with Gasteiger partial charge >= 0.3 is 6.16 Å². The molecule has 0 N–H and O–H groups in total. The Morgan fingerprint density at radius 2 is 2.00 bits per heavy atom. The van der Waals surface area contributed by atoms with Gasteiger partial charge in [0.05, 0.1) is 0 Å². The third-order valence-corrected chi connectivity index (χ3v) is 3.00. The van der Waals surface area contributed by atoms with Crippen molar-refractivity contribution < 1.29 is 14.3 Å². The predicted octanol–water partition coefficient (Wildman–Crippen LogP) is 4.20. The van der Waals surface area contributed by atoms with Gasteiger partial charge in [-0.2, -0.15) is 5.26 Å². The van der Waals surface area contributed by atoms with Gasteiger partial charge in [-0.25, -0.2) is 4.79 Å². The normalized spacial score (nSPS) is 13.1. The number of hydrogen-bond donors (Lipinski definition) is 0. The minimum absolute atomic E-state index is 0.149. The molecular formula is C16H21NO3. The molecule has 4 nitrogen and oxygen atoms in total. The summed E-state index contributed by atoms with van der Waals surface area (Å²) in [6.07, 6.45) is 2.65. The van der Waals surface area contributed by atoms with E-state index in [1.165, 1.54) is 0 Å². The van der Waals surface area contributed by atoms with Crippen LogP contribution >= 0.6 is 0 Å². The van der Waals surface area contributed by atoms with Gasteiger partial charge in [0.15, 0.2) is 5.60 Å². The van der Waals surface area contributed by atoms with Crippen LogP contribution in [0.3, 0.4) is 0 Å². The average molecular weight is 275 g/mol. The van der Waals surface area contributed by atoms with E-state index in [2.05, 4.69) is 6.92 Å². The second-order valence-electron chi connectivity index (χ2n) is 4.93. The van der Waals surface area contributed by atoms with Gasteiger partial charge in [0.2, 0.25) is 0 Å². The number of rotatable bonds is 7. The zero-order valence-electron chi connectivity index (χ0n) is 12.1. The summed E-state index contributed by atoms with van der Waals surface area (Å²) in [5.41, 5.74) is -0.225. The van der Waals surface area contributed by atoms with Gasteiger partial charge in [-0.15, -0.1) is 0 Å². The topological polar surface area (TPSA) is 59.3 Å². The third kappa shape index (κ3) is 5.75. The molecule has 0 radical (unpaired) electrons. The molecule has 0 aliphatic rings. The molecule has 0 saturated carbocycles. The predicted molar refractivity (Wildman–Crippen MR) is 75.9 cm³/mol. The summed E-state index contributed by atoms with van der Waals surface area (Å²) in [5, 5.41) is 9.14. The van der Waals surface area contributed by atoms with Gasteiger partial charge in [-0.3, -0.25) is 0 Å². The molecule has 1 aromatic carbocycles. The molecule has 0 unspecified atom stereocenters. The molecule has 4 heteroatoms. The lowest BCUT2D eigenvalue weighted by Gasteiger charge is -2.21. The van der Waals surface area contributed by atoms with E-state index in [0.717, 1.165) is 24.8 Å². The first-order valence-electron chi connectivity index (χ1n) is 6.90. The van der Waals surface area contributed by atoms with Crippen molar-refractivity contribution in [3.05, 3.63) is 35.9 Å². The van der Waals surface area contributed by atoms with Crippen LogP contribution in [0.4, 0.5) is 4.79 Å². The monoisotopic (exact) mass is 275 g/mol. The molecule has 1 aromatic rings. The Balaban J connectivity index is 2.41. The Kier molecular flexibility index (Phi) is 6.58. The van der Waals surface area contributed by atoms with Crippen molar-refractivity contribution in [2.45, 2.75) is 51.7 Å². The Morgan fingerprint density at radius 3 is 2.60 bits per heavy atom. The van der Waals surface area contributed by atoms with Crippen molar-refractivity contribution in [3.8, 4) is 6.07 Å². The Hall–Kier alpha value is -2.02. The maximum absolute atomic E-state index is 11.6. The van der Waals surface area contributed by atoms with E-state index in [1.807, 2.05) is 36.4 Å². The lowest BCUT2D eigenvalue weighted by atomic mass is 10.00. The number of ether oxygens (including phenoxy) is 2. The smallest absolute Gasteiger partial charge is 0.429 e. The van der Waals surface area contributed by atoms with Crippen molar-refractivity contribution in [2.24, 2.45) is 0 Å². The van der Waals surface area contributed by atoms with E-state index in [0.29, 0.717) is 6.42 Å². The van der Waals surface area contributed by atoms with Gasteiger partial charge in [0, 0.05) is 6.42 Å². The van der Waals surface area contributed by atoms with Crippen LogP contribution in [0, 0.1) is 11.3 Å². The van der Waals surface area contributed by atoms with Gasteiger partial charge in [0.25, 0.3) is 0 Å². The Morgan fingerprint density at radius 1 is 1.30 bits per heavy atom. The molecule has 0 aromatic heterocycles. The number of hydrogen-bond acceptors (Lipinski definition) is 4. The van der Waals surface area contributed by atoms with E-state index in [4.69, 9.17) is 14.7 Å². The maximum atomic E-state index is 11.6. The van der Waals surface area contributed by atoms with Crippen LogP contribution in [0.15, 0.2) is 30.3 Å². The standard InChI is InChI=1S/C16H21NO3/c1-3-4-8-11-16(2,13-17)20-15(18)19-12-14-9-6-5-7-10-14/h5-7,9-10H,3-4,8,11-12H2,1-2H3/t16-/m1/s1. The summed E-state index contributed by atoms with van der Waals surface area (Å²) < 4.78 is 10.2. The van der Waals surface area contributed by atoms with Gasteiger partial charge in [0.1, 0.15) is 12.7 Å². The first-order valence-corrected chi connectivity index (χ1v) is 6.90. The highest BCUT2D eigenvalue weighted by atomic mass is 16.7. The van der Waals surface area contributed by atoms with Crippen LogP contribution in [-0.4, -0.2) is 11.8 Å². The summed E-state index contributed by atoms with van der Waals surface area (Å²) in [7, 11) is 0. The highest BCUT2D eigenvalue weighted by Gasteiger charge is 2.28. The van der Waals surface area contributed by atoms with Crippen molar-refractivity contribution in [2.75, 3.05) is 0 Å². The molecule has 0 fully saturated rings. The molecule has 0 bridgehead atoms. The van der Waals surface area contributed by atoms with Crippen molar-refractivity contribution in [3.63, 3.8) is 0 Å². The van der Waals surface area contributed by atoms with Gasteiger partial charge in [-0.1, -0.05) is 50.1 Å². The molecular weight excluding hydrogens is 254 g/mol. The van der Waals surface area contributed by atoms with Crippen LogP contribution in [0.5, 0.6) is 0 Å². The highest BCUT2D eigenvalue weighted by molar-refractivity contribution is 5.61. The van der Waals surface area contributed by atoms with E-state index >= 15 is 0 Å². The molecule has 0 heterocycles. The number of carbonyl (C=O) groups excluding carboxylic acids is 1. The van der Waals surface area contributed by atoms with Gasteiger partial charge in [-0.05, 0) is 18.9 Å². The van der Waals surface area contributed by atoms with Crippen LogP contribution in [0.2, 0.25) is 0 Å². The summed E-state index contributed by atoms with van der Waals surface area (Å²) >= 11 is 0. The van der Waals surface area contributed by atoms with Crippen LogP contribution in [0.1, 0.15) is 45.1 Å². The molecule has 1 rings (SSSR count). The number of nitriles is 1. The summed E-state index contributed by atoms with van der Waals surface area (Å²) in [4.78, 5) is 11.6. The summed E-state index contributed by atoms with van der Waals surface area (Å²) in [6, 6.07) is 11.4. The maximum Gasteiger partial charge on any atom is 0.510 e. The average Bonchev–Trinajstić information content (AvgIpc) is 2.46. The van der Waals surface area contributed by atoms with E-state index in [9.17, 15) is 4.79 Å². The molecule has 0 spiro atoms. The molecule has 0 amide bonds. The molecule has 0 saturated heterocycles. The minimum Gasteiger partial charge on any atom is -0.429 e. The molecule has 1 atom stereocenters. The van der Waals surface area contributed by atoms with E-state index in [-0.39, 0.29) is 6.61 Å². The van der Waals surface area contributed by atoms with E-state index in [1.54, 1.807) is 6.92 Å². The fraction of sp³-hybridized carbons (Fsp3) is 0.500. The van der Waals surface area contributed by atoms with Gasteiger partial charge < -0.3 is 9.47 Å². The minimum atomic E-state index is -1.11. The van der Waals surface area contributed by atoms with Crippen LogP contribution in [-0.2, 0) is 16.1 Å². The van der Waals surface area contributed by atoms with Crippen LogP contribution < -0.4 is 0 Å². The molecule has 20 heavy (non-hydrogen) atoms. The fourth-order valence-corrected chi connectivity index (χ4v) is 1.77. The van der Waals surface area contributed by atoms with Crippen molar-refractivity contribution >= 4 is 6.16 Å². The van der Waals surface area contributed by atoms with E-state index < -0.39 is 11.8 Å². The first-order chi connectivity index (χ1) is 9.59. The zero-order valence-corrected chi connectivity index (χ0v) is 12.1. The zero-order chi connectivity index (χ0) is 14.8. The number of unbranched alkanes of at least 4 members (excludes halogenated alkanes) is 2. The quantitative estimate of drug-likeness (QED) is 0.552.